The van der Waals surface area contributed by atoms with E-state index in [9.17, 15) is 9.59 Å². The van der Waals surface area contributed by atoms with E-state index in [2.05, 4.69) is 10.6 Å². The van der Waals surface area contributed by atoms with Crippen molar-refractivity contribution in [3.05, 3.63) is 0 Å². The van der Waals surface area contributed by atoms with Crippen molar-refractivity contribution in [2.75, 3.05) is 52.7 Å². The normalized spacial score (nSPS) is 10.6. The zero-order chi connectivity index (χ0) is 18.6. The van der Waals surface area contributed by atoms with E-state index in [-0.39, 0.29) is 18.4 Å². The molecule has 0 radical (unpaired) electrons. The first-order valence-electron chi connectivity index (χ1n) is 9.41. The highest BCUT2D eigenvalue weighted by atomic mass is 16.5. The predicted octanol–water partition coefficient (Wildman–Crippen LogP) is 1.65. The summed E-state index contributed by atoms with van der Waals surface area (Å²) in [5, 5.41) is 5.60. The molecule has 0 aromatic heterocycles. The predicted molar refractivity (Wildman–Crippen MR) is 97.5 cm³/mol. The number of amides is 2. The molecule has 0 aliphatic rings. The molecule has 0 aromatic carbocycles. The Bertz CT molecular complexity index is 327. The van der Waals surface area contributed by atoms with E-state index < -0.39 is 0 Å². The second-order valence-electron chi connectivity index (χ2n) is 5.82. The van der Waals surface area contributed by atoms with Crippen LogP contribution in [0.15, 0.2) is 0 Å². The third kappa shape index (κ3) is 20.8. The summed E-state index contributed by atoms with van der Waals surface area (Å²) in [5.41, 5.74) is 0. The summed E-state index contributed by atoms with van der Waals surface area (Å²) >= 11 is 0. The highest BCUT2D eigenvalue weighted by Crippen LogP contribution is 1.97. The third-order valence-corrected chi connectivity index (χ3v) is 3.44. The van der Waals surface area contributed by atoms with Crippen molar-refractivity contribution in [2.24, 2.45) is 0 Å². The van der Waals surface area contributed by atoms with Crippen LogP contribution in [0.5, 0.6) is 0 Å². The van der Waals surface area contributed by atoms with Gasteiger partial charge in [-0.3, -0.25) is 9.59 Å². The van der Waals surface area contributed by atoms with Crippen LogP contribution in [0.1, 0.15) is 52.4 Å². The average molecular weight is 360 g/mol. The highest BCUT2D eigenvalue weighted by molar-refractivity contribution is 5.77. The Labute approximate surface area is 152 Å². The molecular weight excluding hydrogens is 324 g/mol. The molecule has 7 nitrogen and oxygen atoms in total. The van der Waals surface area contributed by atoms with Crippen molar-refractivity contribution in [1.82, 2.24) is 10.6 Å². The quantitative estimate of drug-likeness (QED) is 0.363. The average Bonchev–Trinajstić information content (AvgIpc) is 2.59. The molecule has 7 heteroatoms. The van der Waals surface area contributed by atoms with Gasteiger partial charge in [0.1, 0.15) is 6.61 Å². The number of rotatable bonds is 18. The smallest absolute Gasteiger partial charge is 0.245 e. The molecule has 0 saturated carbocycles. The van der Waals surface area contributed by atoms with Gasteiger partial charge in [-0.1, -0.05) is 0 Å². The van der Waals surface area contributed by atoms with Crippen molar-refractivity contribution in [3.63, 3.8) is 0 Å². The van der Waals surface area contributed by atoms with Crippen molar-refractivity contribution in [2.45, 2.75) is 52.4 Å². The van der Waals surface area contributed by atoms with Gasteiger partial charge in [0.2, 0.25) is 11.8 Å². The lowest BCUT2D eigenvalue weighted by molar-refractivity contribution is -0.125. The molecule has 0 bridgehead atoms. The summed E-state index contributed by atoms with van der Waals surface area (Å²) in [6, 6.07) is 0. The molecule has 0 saturated heterocycles. The van der Waals surface area contributed by atoms with Crippen LogP contribution in [-0.4, -0.2) is 64.5 Å². The zero-order valence-corrected chi connectivity index (χ0v) is 15.9. The van der Waals surface area contributed by atoms with Gasteiger partial charge in [0.25, 0.3) is 0 Å². The molecule has 0 unspecified atom stereocenters. The second kappa shape index (κ2) is 19.1. The molecular formula is C18H36N2O5. The van der Waals surface area contributed by atoms with Crippen LogP contribution < -0.4 is 10.6 Å². The summed E-state index contributed by atoms with van der Waals surface area (Å²) in [6.45, 7) is 8.27. The van der Waals surface area contributed by atoms with E-state index in [0.29, 0.717) is 26.4 Å². The maximum Gasteiger partial charge on any atom is 0.245 e. The Hall–Kier alpha value is -1.18. The monoisotopic (exact) mass is 360 g/mol. The molecule has 148 valence electrons. The molecule has 25 heavy (non-hydrogen) atoms. The lowest BCUT2D eigenvalue weighted by atomic mass is 10.2. The first-order chi connectivity index (χ1) is 12.2. The van der Waals surface area contributed by atoms with Crippen molar-refractivity contribution in [1.29, 1.82) is 0 Å². The number of ether oxygens (including phenoxy) is 3. The van der Waals surface area contributed by atoms with Gasteiger partial charge in [-0.15, -0.1) is 0 Å². The molecule has 2 amide bonds. The molecule has 0 aliphatic heterocycles. The number of hydrogen-bond donors (Lipinski definition) is 2. The van der Waals surface area contributed by atoms with E-state index in [1.165, 1.54) is 6.92 Å². The fraction of sp³-hybridized carbons (Fsp3) is 0.889. The Kier molecular flexibility index (Phi) is 18.2. The summed E-state index contributed by atoms with van der Waals surface area (Å²) in [4.78, 5) is 21.9. The molecule has 2 N–H and O–H groups in total. The number of carbonyl (C=O) groups is 2. The van der Waals surface area contributed by atoms with Crippen LogP contribution in [0.4, 0.5) is 0 Å². The first kappa shape index (κ1) is 23.8. The summed E-state index contributed by atoms with van der Waals surface area (Å²) in [5.74, 6) is -0.0231. The fourth-order valence-electron chi connectivity index (χ4n) is 2.07. The Balaban J connectivity index is 3.07. The van der Waals surface area contributed by atoms with Crippen molar-refractivity contribution >= 4 is 11.8 Å². The summed E-state index contributed by atoms with van der Waals surface area (Å²) < 4.78 is 16.0. The van der Waals surface area contributed by atoms with Gasteiger partial charge in [0, 0.05) is 39.8 Å². The maximum atomic E-state index is 11.3. The lowest BCUT2D eigenvalue weighted by Crippen LogP contribution is -2.28. The van der Waals surface area contributed by atoms with Gasteiger partial charge in [0.05, 0.1) is 13.2 Å². The topological polar surface area (TPSA) is 85.9 Å². The molecule has 0 spiro atoms. The SMILES string of the molecule is CCOCC(=O)NCCCCCOCCOCCCCCNC(C)=O. The molecule has 0 fully saturated rings. The molecule has 0 heterocycles. The third-order valence-electron chi connectivity index (χ3n) is 3.44. The standard InChI is InChI=1S/C18H36N2O5/c1-3-23-16-18(22)20-11-7-5-9-13-25-15-14-24-12-8-4-6-10-19-17(2)21/h3-16H2,1-2H3,(H,19,21)(H,20,22). The minimum atomic E-state index is -0.0506. The first-order valence-corrected chi connectivity index (χ1v) is 9.41. The van der Waals surface area contributed by atoms with E-state index >= 15 is 0 Å². The number of unbranched alkanes of at least 4 members (excludes halogenated alkanes) is 4. The van der Waals surface area contributed by atoms with Crippen molar-refractivity contribution < 1.29 is 23.8 Å². The summed E-state index contributed by atoms with van der Waals surface area (Å²) in [6.07, 6.45) is 6.03. The van der Waals surface area contributed by atoms with Crippen molar-refractivity contribution in [3.8, 4) is 0 Å². The van der Waals surface area contributed by atoms with E-state index in [1.807, 2.05) is 6.92 Å². The summed E-state index contributed by atoms with van der Waals surface area (Å²) in [7, 11) is 0. The molecule has 0 atom stereocenters. The largest absolute Gasteiger partial charge is 0.379 e. The number of hydrogen-bond acceptors (Lipinski definition) is 5. The van der Waals surface area contributed by atoms with Crippen LogP contribution >= 0.6 is 0 Å². The van der Waals surface area contributed by atoms with E-state index in [4.69, 9.17) is 14.2 Å². The van der Waals surface area contributed by atoms with Gasteiger partial charge >= 0.3 is 0 Å². The zero-order valence-electron chi connectivity index (χ0n) is 15.9. The molecule has 0 aliphatic carbocycles. The van der Waals surface area contributed by atoms with Crippen LogP contribution in [-0.2, 0) is 23.8 Å². The van der Waals surface area contributed by atoms with E-state index in [1.54, 1.807) is 0 Å². The number of carbonyl (C=O) groups excluding carboxylic acids is 2. The molecule has 0 aromatic rings. The maximum absolute atomic E-state index is 11.3. The minimum Gasteiger partial charge on any atom is -0.379 e. The van der Waals surface area contributed by atoms with E-state index in [0.717, 1.165) is 58.3 Å². The lowest BCUT2D eigenvalue weighted by Gasteiger charge is -2.07. The van der Waals surface area contributed by atoms with Crippen LogP contribution in [0.2, 0.25) is 0 Å². The Morgan fingerprint density at radius 1 is 0.720 bits per heavy atom. The second-order valence-corrected chi connectivity index (χ2v) is 5.82. The van der Waals surface area contributed by atoms with Gasteiger partial charge in [-0.2, -0.15) is 0 Å². The van der Waals surface area contributed by atoms with Crippen LogP contribution in [0.25, 0.3) is 0 Å². The van der Waals surface area contributed by atoms with Crippen LogP contribution in [0.3, 0.4) is 0 Å². The highest BCUT2D eigenvalue weighted by Gasteiger charge is 1.99. The van der Waals surface area contributed by atoms with Gasteiger partial charge in [-0.05, 0) is 45.4 Å². The van der Waals surface area contributed by atoms with Crippen LogP contribution in [0, 0.1) is 0 Å². The fourth-order valence-corrected chi connectivity index (χ4v) is 2.07. The molecule has 0 rings (SSSR count). The number of nitrogens with one attached hydrogen (secondary N) is 2. The Morgan fingerprint density at radius 2 is 1.28 bits per heavy atom. The van der Waals surface area contributed by atoms with Gasteiger partial charge < -0.3 is 24.8 Å². The minimum absolute atomic E-state index is 0.0275. The van der Waals surface area contributed by atoms with Gasteiger partial charge in [-0.25, -0.2) is 0 Å². The Morgan fingerprint density at radius 3 is 1.80 bits per heavy atom. The van der Waals surface area contributed by atoms with Gasteiger partial charge in [0.15, 0.2) is 0 Å².